The topological polar surface area (TPSA) is 122 Å². The van der Waals surface area contributed by atoms with E-state index in [0.29, 0.717) is 41.7 Å². The second-order valence-electron chi connectivity index (χ2n) is 9.16. The van der Waals surface area contributed by atoms with E-state index >= 15 is 0 Å². The quantitative estimate of drug-likeness (QED) is 0.511. The van der Waals surface area contributed by atoms with Crippen LogP contribution in [0.2, 0.25) is 0 Å². The Hall–Kier alpha value is -3.90. The van der Waals surface area contributed by atoms with Crippen molar-refractivity contribution in [2.75, 3.05) is 32.7 Å². The van der Waals surface area contributed by atoms with E-state index in [-0.39, 0.29) is 12.1 Å². The number of aromatic nitrogens is 2. The van der Waals surface area contributed by atoms with Gasteiger partial charge < -0.3 is 24.8 Å². The molecule has 0 bridgehead atoms. The van der Waals surface area contributed by atoms with Gasteiger partial charge in [-0.15, -0.1) is 0 Å². The van der Waals surface area contributed by atoms with Crippen LogP contribution in [0.1, 0.15) is 37.5 Å². The van der Waals surface area contributed by atoms with Gasteiger partial charge in [0.25, 0.3) is 5.89 Å². The number of nitrogens with two attached hydrogens (primary N) is 1. The van der Waals surface area contributed by atoms with Crippen molar-refractivity contribution < 1.29 is 14.1 Å². The third-order valence-electron chi connectivity index (χ3n) is 6.37. The summed E-state index contributed by atoms with van der Waals surface area (Å²) in [5.41, 5.74) is 10.0. The first kappa shape index (κ1) is 25.2. The van der Waals surface area contributed by atoms with Crippen molar-refractivity contribution >= 4 is 6.03 Å². The number of hydrogen-bond acceptors (Lipinski definition) is 7. The van der Waals surface area contributed by atoms with E-state index in [4.69, 9.17) is 15.0 Å². The van der Waals surface area contributed by atoms with E-state index in [2.05, 4.69) is 33.2 Å². The number of ether oxygens (including phenoxy) is 1. The van der Waals surface area contributed by atoms with Gasteiger partial charge in [-0.05, 0) is 69.0 Å². The molecule has 2 aromatic carbocycles. The van der Waals surface area contributed by atoms with Crippen LogP contribution in [0.15, 0.2) is 40.9 Å². The molecule has 0 aliphatic carbocycles. The minimum Gasteiger partial charge on any atom is -0.490 e. The normalized spacial score (nSPS) is 13.6. The molecule has 0 saturated heterocycles. The first-order valence-electron chi connectivity index (χ1n) is 12.3. The summed E-state index contributed by atoms with van der Waals surface area (Å²) in [6.45, 7) is 9.68. The van der Waals surface area contributed by atoms with Gasteiger partial charge in [-0.1, -0.05) is 17.3 Å². The molecule has 0 saturated carbocycles. The smallest absolute Gasteiger partial charge is 0.314 e. The van der Waals surface area contributed by atoms with Gasteiger partial charge in [0.2, 0.25) is 5.82 Å². The fourth-order valence-electron chi connectivity index (χ4n) is 4.39. The molecular weight excluding hydrogens is 456 g/mol. The number of carbonyl (C=O) groups is 1. The molecule has 36 heavy (non-hydrogen) atoms. The summed E-state index contributed by atoms with van der Waals surface area (Å²) in [5, 5.41) is 13.7. The molecule has 2 N–H and O–H groups in total. The zero-order valence-electron chi connectivity index (χ0n) is 21.0. The number of nitriles is 1. The minimum absolute atomic E-state index is 0.0283. The first-order chi connectivity index (χ1) is 17.4. The Morgan fingerprint density at radius 1 is 1.19 bits per heavy atom. The maximum atomic E-state index is 11.5. The molecule has 188 valence electrons. The highest BCUT2D eigenvalue weighted by atomic mass is 16.5. The second-order valence-corrected chi connectivity index (χ2v) is 9.16. The van der Waals surface area contributed by atoms with Gasteiger partial charge in [-0.2, -0.15) is 10.2 Å². The number of benzene rings is 2. The predicted molar refractivity (Wildman–Crippen MR) is 136 cm³/mol. The van der Waals surface area contributed by atoms with Gasteiger partial charge in [-0.25, -0.2) is 4.79 Å². The number of primary amides is 1. The number of likely N-dealkylation sites (N-methyl/N-ethyl adjacent to an activating group) is 1. The van der Waals surface area contributed by atoms with E-state index < -0.39 is 0 Å². The van der Waals surface area contributed by atoms with Crippen molar-refractivity contribution in [1.82, 2.24) is 19.9 Å². The van der Waals surface area contributed by atoms with Crippen LogP contribution in [0.25, 0.3) is 22.8 Å². The average Bonchev–Trinajstić information content (AvgIpc) is 3.27. The average molecular weight is 489 g/mol. The van der Waals surface area contributed by atoms with Crippen LogP contribution in [0.3, 0.4) is 0 Å². The number of nitrogens with zero attached hydrogens (tertiary/aromatic N) is 5. The molecule has 1 aliphatic rings. The molecule has 2 heterocycles. The van der Waals surface area contributed by atoms with Crippen molar-refractivity contribution in [3.63, 3.8) is 0 Å². The van der Waals surface area contributed by atoms with Gasteiger partial charge in [0.1, 0.15) is 11.8 Å². The lowest BCUT2D eigenvalue weighted by atomic mass is 10.00. The Balaban J connectivity index is 1.47. The summed E-state index contributed by atoms with van der Waals surface area (Å²) >= 11 is 0. The zero-order chi connectivity index (χ0) is 25.7. The number of urea groups is 1. The second kappa shape index (κ2) is 11.2. The molecule has 9 nitrogen and oxygen atoms in total. The predicted octanol–water partition coefficient (Wildman–Crippen LogP) is 3.86. The standard InChI is InChI=1S/C27H32N6O3/c1-4-33(27(29)34)14-13-32-11-9-19-5-6-21(15-20(19)10-12-32)25-30-26(36-31-25)22-7-8-24(35-18(2)3)23(16-22)17-28/h5-8,15-16,18H,4,9-14H2,1-3H3,(H2,29,34). The molecule has 0 fully saturated rings. The van der Waals surface area contributed by atoms with Crippen molar-refractivity contribution in [3.8, 4) is 34.7 Å². The van der Waals surface area contributed by atoms with Crippen LogP contribution in [-0.4, -0.2) is 64.8 Å². The zero-order valence-corrected chi connectivity index (χ0v) is 21.0. The molecule has 0 radical (unpaired) electrons. The number of rotatable bonds is 8. The van der Waals surface area contributed by atoms with Crippen LogP contribution >= 0.6 is 0 Å². The van der Waals surface area contributed by atoms with E-state index in [1.807, 2.05) is 32.9 Å². The summed E-state index contributed by atoms with van der Waals surface area (Å²) in [6, 6.07) is 13.4. The largest absolute Gasteiger partial charge is 0.490 e. The highest BCUT2D eigenvalue weighted by molar-refractivity contribution is 5.71. The molecule has 2 amide bonds. The molecule has 1 aromatic heterocycles. The Labute approximate surface area is 211 Å². The van der Waals surface area contributed by atoms with Crippen LogP contribution in [0, 0.1) is 11.3 Å². The monoisotopic (exact) mass is 488 g/mol. The summed E-state index contributed by atoms with van der Waals surface area (Å²) in [4.78, 5) is 20.1. The Kier molecular flexibility index (Phi) is 7.86. The summed E-state index contributed by atoms with van der Waals surface area (Å²) in [5.74, 6) is 1.40. The van der Waals surface area contributed by atoms with E-state index in [9.17, 15) is 10.1 Å². The van der Waals surface area contributed by atoms with Crippen LogP contribution in [0.4, 0.5) is 4.79 Å². The highest BCUT2D eigenvalue weighted by Crippen LogP contribution is 2.29. The summed E-state index contributed by atoms with van der Waals surface area (Å²) in [6.07, 6.45) is 1.82. The molecule has 1 aliphatic heterocycles. The Morgan fingerprint density at radius 2 is 1.94 bits per heavy atom. The molecular formula is C27H32N6O3. The maximum Gasteiger partial charge on any atom is 0.314 e. The van der Waals surface area contributed by atoms with E-state index in [1.54, 1.807) is 17.0 Å². The third kappa shape index (κ3) is 5.83. The molecule has 0 spiro atoms. The fraction of sp³-hybridized carbons (Fsp3) is 0.407. The maximum absolute atomic E-state index is 11.5. The SMILES string of the molecule is CCN(CCN1CCc2ccc(-c3noc(-c4ccc(OC(C)C)c(C#N)c4)n3)cc2CC1)C(N)=O. The van der Waals surface area contributed by atoms with E-state index in [0.717, 1.165) is 38.0 Å². The number of hydrogen-bond donors (Lipinski definition) is 1. The van der Waals surface area contributed by atoms with Gasteiger partial charge >= 0.3 is 6.03 Å². The molecule has 9 heteroatoms. The van der Waals surface area contributed by atoms with Crippen molar-refractivity contribution in [1.29, 1.82) is 5.26 Å². The van der Waals surface area contributed by atoms with Crippen molar-refractivity contribution in [3.05, 3.63) is 53.1 Å². The summed E-state index contributed by atoms with van der Waals surface area (Å²) in [7, 11) is 0. The lowest BCUT2D eigenvalue weighted by Gasteiger charge is -2.24. The number of carbonyl (C=O) groups excluding carboxylic acids is 1. The van der Waals surface area contributed by atoms with Crippen LogP contribution in [0.5, 0.6) is 5.75 Å². The molecule has 3 aromatic rings. The van der Waals surface area contributed by atoms with Gasteiger partial charge in [0.05, 0.1) is 11.7 Å². The van der Waals surface area contributed by atoms with E-state index in [1.165, 1.54) is 11.1 Å². The first-order valence-corrected chi connectivity index (χ1v) is 12.3. The lowest BCUT2D eigenvalue weighted by Crippen LogP contribution is -2.41. The third-order valence-corrected chi connectivity index (χ3v) is 6.37. The van der Waals surface area contributed by atoms with Gasteiger partial charge in [0.15, 0.2) is 0 Å². The van der Waals surface area contributed by atoms with Crippen LogP contribution in [-0.2, 0) is 12.8 Å². The minimum atomic E-state index is -0.372. The summed E-state index contributed by atoms with van der Waals surface area (Å²) < 4.78 is 11.2. The number of fused-ring (bicyclic) bond motifs is 1. The number of amides is 2. The highest BCUT2D eigenvalue weighted by Gasteiger charge is 2.18. The molecule has 0 atom stereocenters. The van der Waals surface area contributed by atoms with Crippen molar-refractivity contribution in [2.45, 2.75) is 39.7 Å². The fourth-order valence-corrected chi connectivity index (χ4v) is 4.39. The van der Waals surface area contributed by atoms with Crippen molar-refractivity contribution in [2.24, 2.45) is 5.73 Å². The van der Waals surface area contributed by atoms with Crippen LogP contribution < -0.4 is 10.5 Å². The Morgan fingerprint density at radius 3 is 2.64 bits per heavy atom. The van der Waals surface area contributed by atoms with Gasteiger partial charge in [-0.3, -0.25) is 0 Å². The Bertz CT molecular complexity index is 1260. The molecule has 4 rings (SSSR count). The lowest BCUT2D eigenvalue weighted by molar-refractivity contribution is 0.194. The molecule has 0 unspecified atom stereocenters. The van der Waals surface area contributed by atoms with Gasteiger partial charge in [0, 0.05) is 43.9 Å².